The molecule has 0 heterocycles. The van der Waals surface area contributed by atoms with Crippen LogP contribution in [-0.4, -0.2) is 32.8 Å². The first-order valence-electron chi connectivity index (χ1n) is 8.25. The van der Waals surface area contributed by atoms with Gasteiger partial charge in [0.1, 0.15) is 17.4 Å². The molecule has 7 nitrogen and oxygen atoms in total. The van der Waals surface area contributed by atoms with Crippen molar-refractivity contribution in [3.63, 3.8) is 0 Å². The van der Waals surface area contributed by atoms with E-state index in [4.69, 9.17) is 19.5 Å². The van der Waals surface area contributed by atoms with Crippen LogP contribution in [0.25, 0.3) is 6.08 Å². The van der Waals surface area contributed by atoms with Crippen LogP contribution >= 0.6 is 0 Å². The molecule has 0 bridgehead atoms. The average molecular weight is 381 g/mol. The predicted octanol–water partition coefficient (Wildman–Crippen LogP) is 3.07. The lowest BCUT2D eigenvalue weighted by atomic mass is 10.1. The Balaban J connectivity index is 2.09. The summed E-state index contributed by atoms with van der Waals surface area (Å²) in [7, 11) is 2.60. The summed E-state index contributed by atoms with van der Waals surface area (Å²) in [6, 6.07) is 13.7. The maximum atomic E-state index is 12.1. The average Bonchev–Trinajstić information content (AvgIpc) is 2.70. The quantitative estimate of drug-likeness (QED) is 0.315. The molecule has 0 unspecified atom stereocenters. The molecule has 0 amide bonds. The molecule has 144 valence electrons. The van der Waals surface area contributed by atoms with Crippen LogP contribution in [0.15, 0.2) is 48.0 Å². The number of esters is 2. The van der Waals surface area contributed by atoms with Gasteiger partial charge in [0, 0.05) is 0 Å². The maximum Gasteiger partial charge on any atom is 0.349 e. The molecule has 2 aromatic rings. The second kappa shape index (κ2) is 9.78. The zero-order chi connectivity index (χ0) is 20.5. The number of carbonyl (C=O) groups is 2. The number of benzene rings is 2. The molecule has 0 aliphatic rings. The van der Waals surface area contributed by atoms with Crippen molar-refractivity contribution in [1.29, 1.82) is 5.26 Å². The summed E-state index contributed by atoms with van der Waals surface area (Å²) in [5, 5.41) is 9.03. The normalized spacial score (nSPS) is 10.6. The van der Waals surface area contributed by atoms with Gasteiger partial charge in [-0.2, -0.15) is 5.26 Å². The number of hydrogen-bond acceptors (Lipinski definition) is 7. The van der Waals surface area contributed by atoms with Crippen LogP contribution in [-0.2, 0) is 14.3 Å². The first kappa shape index (κ1) is 20.5. The third-order valence-corrected chi connectivity index (χ3v) is 3.59. The van der Waals surface area contributed by atoms with Crippen LogP contribution < -0.4 is 14.2 Å². The van der Waals surface area contributed by atoms with Crippen molar-refractivity contribution in [2.75, 3.05) is 20.8 Å². The van der Waals surface area contributed by atoms with E-state index < -0.39 is 11.9 Å². The largest absolute Gasteiger partial charge is 0.493 e. The summed E-state index contributed by atoms with van der Waals surface area (Å²) in [6.07, 6.45) is 1.35. The second-order valence-corrected chi connectivity index (χ2v) is 5.65. The Morgan fingerprint density at radius 2 is 1.89 bits per heavy atom. The van der Waals surface area contributed by atoms with Crippen molar-refractivity contribution in [3.8, 4) is 23.3 Å². The molecule has 28 heavy (non-hydrogen) atoms. The molecule has 0 fully saturated rings. The Hall–Kier alpha value is -3.79. The lowest BCUT2D eigenvalue weighted by Crippen LogP contribution is -2.18. The first-order chi connectivity index (χ1) is 13.5. The van der Waals surface area contributed by atoms with Crippen molar-refractivity contribution in [3.05, 3.63) is 59.2 Å². The first-order valence-corrected chi connectivity index (χ1v) is 8.25. The molecule has 0 atom stereocenters. The highest BCUT2D eigenvalue weighted by atomic mass is 16.6. The fourth-order valence-corrected chi connectivity index (χ4v) is 2.27. The lowest BCUT2D eigenvalue weighted by Gasteiger charge is -2.11. The van der Waals surface area contributed by atoms with E-state index in [9.17, 15) is 9.59 Å². The van der Waals surface area contributed by atoms with Crippen LogP contribution in [0, 0.1) is 18.3 Å². The van der Waals surface area contributed by atoms with Gasteiger partial charge in [0.05, 0.1) is 14.2 Å². The monoisotopic (exact) mass is 381 g/mol. The molecule has 0 aromatic heterocycles. The SMILES string of the molecule is COC(=O)/C(C#N)=C/c1ccc(OC(=O)COc2cccc(C)c2)c(OC)c1. The van der Waals surface area contributed by atoms with Crippen molar-refractivity contribution >= 4 is 18.0 Å². The van der Waals surface area contributed by atoms with Gasteiger partial charge >= 0.3 is 11.9 Å². The molecule has 2 aromatic carbocycles. The Kier molecular flexibility index (Phi) is 7.17. The lowest BCUT2D eigenvalue weighted by molar-refractivity contribution is -0.137. The fourth-order valence-electron chi connectivity index (χ4n) is 2.27. The highest BCUT2D eigenvalue weighted by molar-refractivity contribution is 5.97. The molecule has 2 rings (SSSR count). The standard InChI is InChI=1S/C21H19NO6/c1-14-5-4-6-17(9-14)27-13-20(23)28-18-8-7-15(11-19(18)25-2)10-16(12-22)21(24)26-3/h4-11H,13H2,1-3H3/b16-10+. The van der Waals surface area contributed by atoms with E-state index in [1.165, 1.54) is 32.4 Å². The molecule has 0 aliphatic heterocycles. The zero-order valence-corrected chi connectivity index (χ0v) is 15.7. The summed E-state index contributed by atoms with van der Waals surface area (Å²) >= 11 is 0. The van der Waals surface area contributed by atoms with Crippen molar-refractivity contribution in [2.45, 2.75) is 6.92 Å². The molecule has 0 radical (unpaired) electrons. The van der Waals surface area contributed by atoms with E-state index in [1.807, 2.05) is 25.1 Å². The van der Waals surface area contributed by atoms with Gasteiger partial charge in [-0.05, 0) is 48.4 Å². The number of rotatable bonds is 7. The van der Waals surface area contributed by atoms with E-state index >= 15 is 0 Å². The molecule has 0 saturated heterocycles. The molecule has 0 aliphatic carbocycles. The third-order valence-electron chi connectivity index (χ3n) is 3.59. The number of aryl methyl sites for hydroxylation is 1. The van der Waals surface area contributed by atoms with Gasteiger partial charge in [-0.15, -0.1) is 0 Å². The number of methoxy groups -OCH3 is 2. The number of nitriles is 1. The molecule has 0 spiro atoms. The maximum absolute atomic E-state index is 12.1. The molecular formula is C21H19NO6. The Bertz CT molecular complexity index is 942. The van der Waals surface area contributed by atoms with E-state index in [1.54, 1.807) is 18.2 Å². The van der Waals surface area contributed by atoms with E-state index in [2.05, 4.69) is 4.74 Å². The van der Waals surface area contributed by atoms with Gasteiger partial charge in [-0.1, -0.05) is 18.2 Å². The van der Waals surface area contributed by atoms with Gasteiger partial charge in [0.25, 0.3) is 0 Å². The van der Waals surface area contributed by atoms with E-state index in [-0.39, 0.29) is 23.7 Å². The summed E-state index contributed by atoms with van der Waals surface area (Å²) in [5.74, 6) is -0.328. The van der Waals surface area contributed by atoms with Gasteiger partial charge in [-0.25, -0.2) is 9.59 Å². The third kappa shape index (κ3) is 5.61. The summed E-state index contributed by atoms with van der Waals surface area (Å²) in [5.41, 5.74) is 1.36. The molecule has 0 saturated carbocycles. The predicted molar refractivity (Wildman–Crippen MR) is 101 cm³/mol. The van der Waals surface area contributed by atoms with E-state index in [0.717, 1.165) is 5.56 Å². The Morgan fingerprint density at radius 3 is 2.54 bits per heavy atom. The topological polar surface area (TPSA) is 94.9 Å². The van der Waals surface area contributed by atoms with Gasteiger partial charge in [0.15, 0.2) is 18.1 Å². The Morgan fingerprint density at radius 1 is 1.11 bits per heavy atom. The van der Waals surface area contributed by atoms with Crippen molar-refractivity contribution in [1.82, 2.24) is 0 Å². The van der Waals surface area contributed by atoms with Crippen molar-refractivity contribution < 1.29 is 28.5 Å². The van der Waals surface area contributed by atoms with Gasteiger partial charge in [-0.3, -0.25) is 0 Å². The minimum atomic E-state index is -0.745. The minimum absolute atomic E-state index is 0.166. The van der Waals surface area contributed by atoms with Crippen LogP contribution in [0.1, 0.15) is 11.1 Å². The van der Waals surface area contributed by atoms with Crippen molar-refractivity contribution in [2.24, 2.45) is 0 Å². The summed E-state index contributed by atoms with van der Waals surface area (Å²) < 4.78 is 20.4. The molecular weight excluding hydrogens is 362 g/mol. The number of carbonyl (C=O) groups excluding carboxylic acids is 2. The van der Waals surface area contributed by atoms with Gasteiger partial charge < -0.3 is 18.9 Å². The highest BCUT2D eigenvalue weighted by Crippen LogP contribution is 2.29. The smallest absolute Gasteiger partial charge is 0.349 e. The minimum Gasteiger partial charge on any atom is -0.493 e. The van der Waals surface area contributed by atoms with Gasteiger partial charge in [0.2, 0.25) is 0 Å². The van der Waals surface area contributed by atoms with Crippen LogP contribution in [0.3, 0.4) is 0 Å². The summed E-state index contributed by atoms with van der Waals surface area (Å²) in [6.45, 7) is 1.65. The zero-order valence-electron chi connectivity index (χ0n) is 15.7. The number of ether oxygens (including phenoxy) is 4. The van der Waals surface area contributed by atoms with Crippen LogP contribution in [0.5, 0.6) is 17.2 Å². The molecule has 0 N–H and O–H groups in total. The number of hydrogen-bond donors (Lipinski definition) is 0. The fraction of sp³-hybridized carbons (Fsp3) is 0.190. The number of nitrogens with zero attached hydrogens (tertiary/aromatic N) is 1. The molecule has 7 heteroatoms. The second-order valence-electron chi connectivity index (χ2n) is 5.65. The summed E-state index contributed by atoms with van der Waals surface area (Å²) in [4.78, 5) is 23.6. The van der Waals surface area contributed by atoms with E-state index in [0.29, 0.717) is 11.3 Å². The highest BCUT2D eigenvalue weighted by Gasteiger charge is 2.13. The Labute approximate surface area is 162 Å². The van der Waals surface area contributed by atoms with Crippen LogP contribution in [0.2, 0.25) is 0 Å². The van der Waals surface area contributed by atoms with Crippen LogP contribution in [0.4, 0.5) is 0 Å².